The number of fused-ring (bicyclic) bond motifs is 1. The number of carbonyl (C=O) groups excluding carboxylic acids is 1. The summed E-state index contributed by atoms with van der Waals surface area (Å²) in [5.41, 5.74) is 3.07. The average Bonchev–Trinajstić information content (AvgIpc) is 2.78. The topological polar surface area (TPSA) is 87.3 Å². The van der Waals surface area contributed by atoms with Gasteiger partial charge in [-0.2, -0.15) is 4.72 Å². The van der Waals surface area contributed by atoms with Crippen molar-refractivity contribution in [2.24, 2.45) is 0 Å². The highest BCUT2D eigenvalue weighted by Crippen LogP contribution is 2.30. The van der Waals surface area contributed by atoms with E-state index in [1.54, 1.807) is 48.5 Å². The number of anilines is 1. The first-order valence-corrected chi connectivity index (χ1v) is 11.7. The van der Waals surface area contributed by atoms with Crippen LogP contribution in [-0.4, -0.2) is 20.4 Å². The van der Waals surface area contributed by atoms with Crippen LogP contribution in [0.25, 0.3) is 0 Å². The first-order chi connectivity index (χ1) is 14.9. The van der Waals surface area contributed by atoms with E-state index in [4.69, 9.17) is 0 Å². The van der Waals surface area contributed by atoms with Crippen LogP contribution in [0.3, 0.4) is 0 Å². The smallest absolute Gasteiger partial charge is 0.251 e. The van der Waals surface area contributed by atoms with Crippen LogP contribution in [-0.2, 0) is 16.4 Å². The van der Waals surface area contributed by atoms with Crippen molar-refractivity contribution in [1.29, 1.82) is 0 Å². The van der Waals surface area contributed by atoms with Gasteiger partial charge in [-0.05, 0) is 55.2 Å². The number of carbonyl (C=O) groups is 1. The van der Waals surface area contributed by atoms with E-state index in [2.05, 4.69) is 27.5 Å². The minimum atomic E-state index is -3.60. The second-order valence-corrected chi connectivity index (χ2v) is 9.40. The Morgan fingerprint density at radius 1 is 0.968 bits per heavy atom. The Bertz CT molecular complexity index is 1160. The number of amides is 1. The van der Waals surface area contributed by atoms with Crippen molar-refractivity contribution >= 4 is 21.6 Å². The van der Waals surface area contributed by atoms with Crippen LogP contribution in [0.15, 0.2) is 83.8 Å². The Balaban J connectivity index is 1.38. The molecule has 6 nitrogen and oxygen atoms in total. The molecular formula is C24H25N3O3S. The Labute approximate surface area is 182 Å². The third kappa shape index (κ3) is 4.95. The molecule has 0 saturated carbocycles. The highest BCUT2D eigenvalue weighted by atomic mass is 32.2. The predicted octanol–water partition coefficient (Wildman–Crippen LogP) is 3.84. The summed E-state index contributed by atoms with van der Waals surface area (Å²) in [5, 5.41) is 6.22. The van der Waals surface area contributed by atoms with Gasteiger partial charge in [0.25, 0.3) is 5.91 Å². The molecule has 0 spiro atoms. The van der Waals surface area contributed by atoms with E-state index in [1.165, 1.54) is 5.56 Å². The summed E-state index contributed by atoms with van der Waals surface area (Å²) >= 11 is 0. The largest absolute Gasteiger partial charge is 0.364 e. The molecule has 0 saturated heterocycles. The Hall–Kier alpha value is -3.16. The average molecular weight is 436 g/mol. The molecule has 1 aliphatic rings. The zero-order valence-corrected chi connectivity index (χ0v) is 18.0. The van der Waals surface area contributed by atoms with E-state index >= 15 is 0 Å². The summed E-state index contributed by atoms with van der Waals surface area (Å²) in [6.45, 7) is 1.99. The second-order valence-electron chi connectivity index (χ2n) is 7.72. The lowest BCUT2D eigenvalue weighted by Gasteiger charge is -2.28. The Kier molecular flexibility index (Phi) is 6.06. The molecule has 1 amide bonds. The van der Waals surface area contributed by atoms with E-state index in [9.17, 15) is 13.2 Å². The maximum atomic E-state index is 12.6. The number of para-hydroxylation sites is 1. The van der Waals surface area contributed by atoms with E-state index in [1.807, 2.05) is 25.1 Å². The zero-order chi connectivity index (χ0) is 21.8. The molecule has 0 unspecified atom stereocenters. The molecule has 7 heteroatoms. The molecule has 160 valence electrons. The molecule has 0 aliphatic carbocycles. The summed E-state index contributed by atoms with van der Waals surface area (Å²) in [4.78, 5) is 12.8. The van der Waals surface area contributed by atoms with Gasteiger partial charge in [0.2, 0.25) is 10.0 Å². The van der Waals surface area contributed by atoms with Crippen molar-refractivity contribution in [2.45, 2.75) is 36.9 Å². The van der Waals surface area contributed by atoms with Gasteiger partial charge in [-0.15, -0.1) is 0 Å². The fourth-order valence-electron chi connectivity index (χ4n) is 3.61. The number of hydrogen-bond donors (Lipinski definition) is 3. The van der Waals surface area contributed by atoms with Gasteiger partial charge in [-0.1, -0.05) is 54.6 Å². The monoisotopic (exact) mass is 435 g/mol. The van der Waals surface area contributed by atoms with Gasteiger partial charge in [0.05, 0.1) is 5.69 Å². The van der Waals surface area contributed by atoms with Crippen LogP contribution < -0.4 is 15.4 Å². The molecule has 1 aliphatic heterocycles. The predicted molar refractivity (Wildman–Crippen MR) is 121 cm³/mol. The number of sulfonamides is 1. The molecule has 0 bridgehead atoms. The lowest BCUT2D eigenvalue weighted by molar-refractivity contribution is 0.0938. The number of rotatable bonds is 6. The summed E-state index contributed by atoms with van der Waals surface area (Å²) < 4.78 is 27.6. The Morgan fingerprint density at radius 3 is 2.39 bits per heavy atom. The minimum absolute atomic E-state index is 0.0377. The second kappa shape index (κ2) is 8.91. The van der Waals surface area contributed by atoms with Crippen molar-refractivity contribution in [2.75, 3.05) is 5.32 Å². The highest BCUT2D eigenvalue weighted by Gasteiger charge is 2.29. The molecule has 3 N–H and O–H groups in total. The van der Waals surface area contributed by atoms with Crippen molar-refractivity contribution in [3.8, 4) is 0 Å². The molecular weight excluding hydrogens is 410 g/mol. The summed E-state index contributed by atoms with van der Waals surface area (Å²) in [6, 6.07) is 23.9. The van der Waals surface area contributed by atoms with Gasteiger partial charge in [-0.25, -0.2) is 8.42 Å². The van der Waals surface area contributed by atoms with Gasteiger partial charge >= 0.3 is 0 Å². The van der Waals surface area contributed by atoms with Gasteiger partial charge in [0, 0.05) is 11.6 Å². The molecule has 0 aromatic heterocycles. The lowest BCUT2D eigenvalue weighted by Crippen LogP contribution is -2.38. The normalized spacial score (nSPS) is 17.8. The molecule has 4 rings (SSSR count). The van der Waals surface area contributed by atoms with E-state index in [-0.39, 0.29) is 16.8 Å². The zero-order valence-electron chi connectivity index (χ0n) is 17.2. The molecule has 3 aromatic carbocycles. The molecule has 0 fully saturated rings. The molecule has 31 heavy (non-hydrogen) atoms. The summed E-state index contributed by atoms with van der Waals surface area (Å²) in [7, 11) is -3.60. The van der Waals surface area contributed by atoms with Gasteiger partial charge in [0.1, 0.15) is 11.1 Å². The van der Waals surface area contributed by atoms with Crippen LogP contribution in [0, 0.1) is 0 Å². The SMILES string of the molecule is C[C@@H](CCc1ccccc1)NC(=O)c1ccc([C@@H]2Nc3ccccc3S(=O)(=O)N2)cc1. The fourth-order valence-corrected chi connectivity index (χ4v) is 4.92. The number of hydrogen-bond acceptors (Lipinski definition) is 4. The quantitative estimate of drug-likeness (QED) is 0.549. The third-order valence-corrected chi connectivity index (χ3v) is 6.82. The third-order valence-electron chi connectivity index (χ3n) is 5.34. The van der Waals surface area contributed by atoms with Crippen molar-refractivity contribution in [1.82, 2.24) is 10.0 Å². The van der Waals surface area contributed by atoms with Crippen LogP contribution in [0.2, 0.25) is 0 Å². The lowest BCUT2D eigenvalue weighted by atomic mass is 10.1. The molecule has 2 atom stereocenters. The van der Waals surface area contributed by atoms with E-state index in [0.29, 0.717) is 11.3 Å². The minimum Gasteiger partial charge on any atom is -0.364 e. The van der Waals surface area contributed by atoms with Gasteiger partial charge < -0.3 is 10.6 Å². The standard InChI is InChI=1S/C24H25N3O3S/c1-17(11-12-18-7-3-2-4-8-18)25-24(28)20-15-13-19(14-16-20)23-26-21-9-5-6-10-22(21)31(29,30)27-23/h2-10,13-17,23,26-27H,11-12H2,1H3,(H,25,28)/t17-,23+/m0/s1. The van der Waals surface area contributed by atoms with E-state index < -0.39 is 16.2 Å². The molecule has 3 aromatic rings. The molecule has 0 radical (unpaired) electrons. The maximum absolute atomic E-state index is 12.6. The summed E-state index contributed by atoms with van der Waals surface area (Å²) in [5.74, 6) is -0.144. The molecule has 1 heterocycles. The van der Waals surface area contributed by atoms with Crippen LogP contribution in [0.5, 0.6) is 0 Å². The van der Waals surface area contributed by atoms with Crippen molar-refractivity contribution < 1.29 is 13.2 Å². The van der Waals surface area contributed by atoms with Gasteiger partial charge in [0.15, 0.2) is 0 Å². The first kappa shape index (κ1) is 21.1. The van der Waals surface area contributed by atoms with Crippen LogP contribution in [0.4, 0.5) is 5.69 Å². The number of nitrogens with one attached hydrogen (secondary N) is 3. The highest BCUT2D eigenvalue weighted by molar-refractivity contribution is 7.89. The van der Waals surface area contributed by atoms with Crippen molar-refractivity contribution in [3.05, 3.63) is 95.6 Å². The first-order valence-electron chi connectivity index (χ1n) is 10.2. The Morgan fingerprint density at radius 2 is 1.65 bits per heavy atom. The maximum Gasteiger partial charge on any atom is 0.251 e. The van der Waals surface area contributed by atoms with Crippen LogP contribution in [0.1, 0.15) is 41.0 Å². The van der Waals surface area contributed by atoms with Crippen molar-refractivity contribution in [3.63, 3.8) is 0 Å². The van der Waals surface area contributed by atoms with E-state index in [0.717, 1.165) is 18.4 Å². The van der Waals surface area contributed by atoms with Crippen LogP contribution >= 0.6 is 0 Å². The number of benzene rings is 3. The fraction of sp³-hybridized carbons (Fsp3) is 0.208. The van der Waals surface area contributed by atoms with Gasteiger partial charge in [-0.3, -0.25) is 4.79 Å². The summed E-state index contributed by atoms with van der Waals surface area (Å²) in [6.07, 6.45) is 1.15. The number of aryl methyl sites for hydroxylation is 1.